The molecule has 0 spiro atoms. The Kier molecular flexibility index (Phi) is 7.08. The number of benzene rings is 2. The van der Waals surface area contributed by atoms with Gasteiger partial charge >= 0.3 is 196 Å². The van der Waals surface area contributed by atoms with Crippen LogP contribution in [0.3, 0.4) is 0 Å². The van der Waals surface area contributed by atoms with Crippen LogP contribution in [-0.4, -0.2) is 38.2 Å². The number of hydrogen-bond donors (Lipinski definition) is 0. The van der Waals surface area contributed by atoms with Crippen molar-refractivity contribution in [1.29, 1.82) is 0 Å². The molecule has 1 aliphatic rings. The molecule has 170 valence electrons. The molecule has 4 heteroatoms. The zero-order valence-corrected chi connectivity index (χ0v) is 23.9. The van der Waals surface area contributed by atoms with Crippen LogP contribution in [0.5, 0.6) is 11.5 Å². The molecule has 0 aromatic heterocycles. The van der Waals surface area contributed by atoms with E-state index in [2.05, 4.69) is 104 Å². The first-order chi connectivity index (χ1) is 14.4. The van der Waals surface area contributed by atoms with Crippen LogP contribution in [0, 0.1) is 0 Å². The van der Waals surface area contributed by atoms with E-state index in [9.17, 15) is 0 Å². The van der Waals surface area contributed by atoms with Gasteiger partial charge < -0.3 is 0 Å². The third-order valence-corrected chi connectivity index (χ3v) is 15.8. The Morgan fingerprint density at radius 2 is 1.58 bits per heavy atom. The van der Waals surface area contributed by atoms with Crippen LogP contribution in [0.15, 0.2) is 36.4 Å². The molecular formula is C27H41NO2Sn. The van der Waals surface area contributed by atoms with Crippen LogP contribution in [0.4, 0.5) is 0 Å². The summed E-state index contributed by atoms with van der Waals surface area (Å²) in [6.45, 7) is 16.8. The Hall–Kier alpha value is -1.20. The predicted octanol–water partition coefficient (Wildman–Crippen LogP) is 6.26. The molecule has 0 aliphatic carbocycles. The van der Waals surface area contributed by atoms with Gasteiger partial charge in [-0.25, -0.2) is 0 Å². The summed E-state index contributed by atoms with van der Waals surface area (Å²) in [7, 11) is 4.26. The van der Waals surface area contributed by atoms with Crippen LogP contribution >= 0.6 is 0 Å². The fourth-order valence-corrected chi connectivity index (χ4v) is 14.5. The molecule has 3 rings (SSSR count). The van der Waals surface area contributed by atoms with E-state index in [1.807, 2.05) is 0 Å². The SMILES string of the molecule is CCC[CH2][Sn]1([c]2ccccc2CN(C)C)[O]c2cc(C(C)(C)C)cc(C(C)(C)C)c2[O]1. The molecule has 1 heterocycles. The van der Waals surface area contributed by atoms with Gasteiger partial charge in [0.2, 0.25) is 0 Å². The molecule has 0 bridgehead atoms. The molecule has 1 unspecified atom stereocenters. The fraction of sp³-hybridized carbons (Fsp3) is 0.556. The van der Waals surface area contributed by atoms with Crippen molar-refractivity contribution in [3.05, 3.63) is 53.1 Å². The van der Waals surface area contributed by atoms with Crippen LogP contribution in [0.1, 0.15) is 78.0 Å². The van der Waals surface area contributed by atoms with Crippen molar-refractivity contribution in [3.63, 3.8) is 0 Å². The van der Waals surface area contributed by atoms with Gasteiger partial charge in [0.25, 0.3) is 0 Å². The second-order valence-corrected chi connectivity index (χ2v) is 19.7. The van der Waals surface area contributed by atoms with Gasteiger partial charge in [0.05, 0.1) is 0 Å². The second-order valence-electron chi connectivity index (χ2n) is 11.3. The summed E-state index contributed by atoms with van der Waals surface area (Å²) >= 11 is -3.63. The number of unbranched alkanes of at least 4 members (excludes halogenated alkanes) is 1. The van der Waals surface area contributed by atoms with Gasteiger partial charge in [-0.05, 0) is 0 Å². The van der Waals surface area contributed by atoms with Gasteiger partial charge in [-0.2, -0.15) is 0 Å². The maximum absolute atomic E-state index is 7.10. The van der Waals surface area contributed by atoms with E-state index in [0.717, 1.165) is 35.3 Å². The molecule has 0 amide bonds. The standard InChI is InChI=1S/C14H22O2.C9H12N.C4H9.Sn/c1-13(2,3)9-7-10(14(4,5)6)12(16)11(15)8-9;1-10(2)8-9-6-4-3-5-7-9;1-3-4-2;/h7-8,15-16H,1-6H3;3-6H,8H2,1-2H3;1,3-4H2,2H3;/q;;;+2/p-2. The zero-order valence-electron chi connectivity index (χ0n) is 21.1. The number of fused-ring (bicyclic) bond motifs is 1. The summed E-state index contributed by atoms with van der Waals surface area (Å²) in [4.78, 5) is 2.23. The van der Waals surface area contributed by atoms with Crippen molar-refractivity contribution in [2.24, 2.45) is 0 Å². The molecule has 31 heavy (non-hydrogen) atoms. The molecule has 0 saturated heterocycles. The Morgan fingerprint density at radius 3 is 2.16 bits per heavy atom. The summed E-state index contributed by atoms with van der Waals surface area (Å²) in [6.07, 6.45) is 2.29. The Balaban J connectivity index is 2.19. The maximum atomic E-state index is 7.10. The second kappa shape index (κ2) is 8.97. The first-order valence-corrected chi connectivity index (χ1v) is 17.4. The molecule has 2 aromatic carbocycles. The van der Waals surface area contributed by atoms with E-state index in [-0.39, 0.29) is 10.8 Å². The zero-order chi connectivity index (χ0) is 23.0. The van der Waals surface area contributed by atoms with Gasteiger partial charge in [-0.1, -0.05) is 0 Å². The van der Waals surface area contributed by atoms with Gasteiger partial charge in [0, 0.05) is 0 Å². The molecule has 0 fully saturated rings. The summed E-state index contributed by atoms with van der Waals surface area (Å²) < 4.78 is 16.5. The van der Waals surface area contributed by atoms with Crippen molar-refractivity contribution in [1.82, 2.24) is 4.90 Å². The molecule has 0 saturated carbocycles. The number of rotatable bonds is 6. The average molecular weight is 530 g/mol. The molecule has 3 nitrogen and oxygen atoms in total. The van der Waals surface area contributed by atoms with E-state index >= 15 is 0 Å². The van der Waals surface area contributed by atoms with Gasteiger partial charge in [-0.15, -0.1) is 0 Å². The van der Waals surface area contributed by atoms with Crippen LogP contribution in [0.2, 0.25) is 4.44 Å². The number of hydrogen-bond acceptors (Lipinski definition) is 3. The monoisotopic (exact) mass is 531 g/mol. The summed E-state index contributed by atoms with van der Waals surface area (Å²) in [6, 6.07) is 13.4. The minimum atomic E-state index is -3.63. The van der Waals surface area contributed by atoms with Crippen LogP contribution < -0.4 is 9.73 Å². The number of nitrogens with zero attached hydrogens (tertiary/aromatic N) is 1. The molecular weight excluding hydrogens is 489 g/mol. The fourth-order valence-electron chi connectivity index (χ4n) is 4.26. The van der Waals surface area contributed by atoms with E-state index in [4.69, 9.17) is 6.15 Å². The summed E-state index contributed by atoms with van der Waals surface area (Å²) in [5.41, 5.74) is 3.99. The summed E-state index contributed by atoms with van der Waals surface area (Å²) in [5, 5.41) is 0. The van der Waals surface area contributed by atoms with Crippen LogP contribution in [0.25, 0.3) is 0 Å². The van der Waals surface area contributed by atoms with Crippen LogP contribution in [-0.2, 0) is 17.4 Å². The Morgan fingerprint density at radius 1 is 0.903 bits per heavy atom. The van der Waals surface area contributed by atoms with E-state index in [1.165, 1.54) is 20.3 Å². The third-order valence-electron chi connectivity index (χ3n) is 6.04. The van der Waals surface area contributed by atoms with Gasteiger partial charge in [0.1, 0.15) is 0 Å². The van der Waals surface area contributed by atoms with Gasteiger partial charge in [0.15, 0.2) is 0 Å². The van der Waals surface area contributed by atoms with Crippen molar-refractivity contribution >= 4 is 22.8 Å². The minimum absolute atomic E-state index is 0.00936. The quantitative estimate of drug-likeness (QED) is 0.412. The van der Waals surface area contributed by atoms with Crippen molar-refractivity contribution in [2.45, 2.75) is 83.1 Å². The average Bonchev–Trinajstić information content (AvgIpc) is 3.03. The van der Waals surface area contributed by atoms with Gasteiger partial charge in [-0.3, -0.25) is 0 Å². The van der Waals surface area contributed by atoms with E-state index < -0.39 is 19.2 Å². The van der Waals surface area contributed by atoms with Crippen molar-refractivity contribution < 1.29 is 6.15 Å². The Labute approximate surface area is 195 Å². The van der Waals surface area contributed by atoms with E-state index in [1.54, 1.807) is 0 Å². The molecule has 0 N–H and O–H groups in total. The molecule has 0 radical (unpaired) electrons. The molecule has 1 atom stereocenters. The van der Waals surface area contributed by atoms with Crippen molar-refractivity contribution in [3.8, 4) is 11.5 Å². The Bertz CT molecular complexity index is 924. The third kappa shape index (κ3) is 5.24. The predicted molar refractivity (Wildman–Crippen MR) is 134 cm³/mol. The van der Waals surface area contributed by atoms with E-state index in [0.29, 0.717) is 0 Å². The first kappa shape index (κ1) is 24.4. The first-order valence-electron chi connectivity index (χ1n) is 11.7. The molecule has 2 aromatic rings. The topological polar surface area (TPSA) is 21.7 Å². The molecule has 1 aliphatic heterocycles. The normalized spacial score (nSPS) is 18.6. The van der Waals surface area contributed by atoms with Crippen molar-refractivity contribution in [2.75, 3.05) is 14.1 Å². The summed E-state index contributed by atoms with van der Waals surface area (Å²) in [5.74, 6) is 1.98.